The summed E-state index contributed by atoms with van der Waals surface area (Å²) in [6.45, 7) is 3.20. The van der Waals surface area contributed by atoms with Gasteiger partial charge in [0.2, 0.25) is 0 Å². The van der Waals surface area contributed by atoms with Crippen LogP contribution in [0.3, 0.4) is 0 Å². The van der Waals surface area contributed by atoms with E-state index in [4.69, 9.17) is 0 Å². The molecule has 0 amide bonds. The molecule has 0 bridgehead atoms. The van der Waals surface area contributed by atoms with Crippen LogP contribution in [-0.2, 0) is 6.42 Å². The number of hydrogen-bond acceptors (Lipinski definition) is 4. The third-order valence-electron chi connectivity index (χ3n) is 2.36. The third-order valence-corrected chi connectivity index (χ3v) is 4.42. The van der Waals surface area contributed by atoms with Crippen LogP contribution in [0.1, 0.15) is 17.0 Å². The van der Waals surface area contributed by atoms with E-state index in [-0.39, 0.29) is 0 Å². The molecular formula is C12H16N2S2. The number of hydrogen-bond donors (Lipinski definition) is 1. The van der Waals surface area contributed by atoms with E-state index in [2.05, 4.69) is 34.7 Å². The number of thiophene rings is 1. The molecule has 0 aliphatic carbocycles. The molecule has 0 fully saturated rings. The van der Waals surface area contributed by atoms with Gasteiger partial charge in [-0.3, -0.25) is 0 Å². The highest BCUT2D eigenvalue weighted by atomic mass is 32.1. The lowest BCUT2D eigenvalue weighted by Gasteiger charge is -1.95. The lowest BCUT2D eigenvalue weighted by molar-refractivity contribution is 0.718. The molecule has 2 aromatic heterocycles. The van der Waals surface area contributed by atoms with Crippen molar-refractivity contribution in [3.05, 3.63) is 28.1 Å². The van der Waals surface area contributed by atoms with Crippen LogP contribution in [0.2, 0.25) is 0 Å². The first-order valence-corrected chi connectivity index (χ1v) is 7.15. The van der Waals surface area contributed by atoms with Crippen LogP contribution < -0.4 is 5.32 Å². The Morgan fingerprint density at radius 3 is 2.94 bits per heavy atom. The molecule has 86 valence electrons. The van der Waals surface area contributed by atoms with Gasteiger partial charge in [-0.1, -0.05) is 0 Å². The summed E-state index contributed by atoms with van der Waals surface area (Å²) in [6, 6.07) is 4.32. The van der Waals surface area contributed by atoms with Crippen LogP contribution in [0, 0.1) is 6.92 Å². The summed E-state index contributed by atoms with van der Waals surface area (Å²) in [4.78, 5) is 7.31. The number of rotatable bonds is 5. The van der Waals surface area contributed by atoms with Gasteiger partial charge >= 0.3 is 0 Å². The standard InChI is InChI=1S/C12H16N2S2/c1-9-5-6-11(16-9)12-14-10(8-15-12)4-3-7-13-2/h5-6,8,13H,3-4,7H2,1-2H3. The summed E-state index contributed by atoms with van der Waals surface area (Å²) in [7, 11) is 1.99. The molecular weight excluding hydrogens is 236 g/mol. The van der Waals surface area contributed by atoms with E-state index < -0.39 is 0 Å². The molecule has 16 heavy (non-hydrogen) atoms. The number of thiazole rings is 1. The summed E-state index contributed by atoms with van der Waals surface area (Å²) in [5.41, 5.74) is 1.22. The summed E-state index contributed by atoms with van der Waals surface area (Å²) < 4.78 is 0. The second-order valence-corrected chi connectivity index (χ2v) is 5.91. The lowest BCUT2D eigenvalue weighted by Crippen LogP contribution is -2.08. The molecule has 0 atom stereocenters. The van der Waals surface area contributed by atoms with Crippen LogP contribution in [0.4, 0.5) is 0 Å². The van der Waals surface area contributed by atoms with Gasteiger partial charge in [0.25, 0.3) is 0 Å². The second-order valence-electron chi connectivity index (χ2n) is 3.76. The van der Waals surface area contributed by atoms with Crippen LogP contribution in [0.5, 0.6) is 0 Å². The zero-order chi connectivity index (χ0) is 11.4. The quantitative estimate of drug-likeness (QED) is 0.826. The monoisotopic (exact) mass is 252 g/mol. The number of aryl methyl sites for hydroxylation is 2. The number of aromatic nitrogens is 1. The highest BCUT2D eigenvalue weighted by Gasteiger charge is 2.06. The summed E-state index contributed by atoms with van der Waals surface area (Å²) in [6.07, 6.45) is 2.23. The third kappa shape index (κ3) is 2.90. The fourth-order valence-corrected chi connectivity index (χ4v) is 3.32. The average Bonchev–Trinajstić information content (AvgIpc) is 2.87. The molecule has 1 N–H and O–H groups in total. The van der Waals surface area contributed by atoms with Crippen molar-refractivity contribution in [2.45, 2.75) is 19.8 Å². The van der Waals surface area contributed by atoms with E-state index in [9.17, 15) is 0 Å². The highest BCUT2D eigenvalue weighted by molar-refractivity contribution is 7.21. The van der Waals surface area contributed by atoms with Crippen molar-refractivity contribution in [2.24, 2.45) is 0 Å². The Balaban J connectivity index is 2.02. The maximum absolute atomic E-state index is 4.67. The SMILES string of the molecule is CNCCCc1csc(-c2ccc(C)s2)n1. The largest absolute Gasteiger partial charge is 0.320 e. The van der Waals surface area contributed by atoms with Crippen molar-refractivity contribution in [3.8, 4) is 9.88 Å². The molecule has 0 aliphatic rings. The van der Waals surface area contributed by atoms with Crippen LogP contribution >= 0.6 is 22.7 Å². The van der Waals surface area contributed by atoms with E-state index in [1.165, 1.54) is 15.4 Å². The summed E-state index contributed by atoms with van der Waals surface area (Å²) >= 11 is 3.57. The Bertz CT molecular complexity index is 445. The number of nitrogens with zero attached hydrogens (tertiary/aromatic N) is 1. The van der Waals surface area contributed by atoms with E-state index in [0.29, 0.717) is 0 Å². The Hall–Kier alpha value is -0.710. The normalized spacial score (nSPS) is 10.9. The lowest BCUT2D eigenvalue weighted by atomic mass is 10.2. The maximum atomic E-state index is 4.67. The predicted octanol–water partition coefficient (Wildman–Crippen LogP) is 3.33. The average molecular weight is 252 g/mol. The van der Waals surface area contributed by atoms with Crippen LogP contribution in [-0.4, -0.2) is 18.6 Å². The van der Waals surface area contributed by atoms with Gasteiger partial charge < -0.3 is 5.32 Å². The van der Waals surface area contributed by atoms with E-state index >= 15 is 0 Å². The Morgan fingerprint density at radius 2 is 2.25 bits per heavy atom. The molecule has 0 aromatic carbocycles. The molecule has 0 radical (unpaired) electrons. The van der Waals surface area contributed by atoms with E-state index in [1.807, 2.05) is 18.4 Å². The van der Waals surface area contributed by atoms with E-state index in [0.717, 1.165) is 24.4 Å². The zero-order valence-corrected chi connectivity index (χ0v) is 11.3. The van der Waals surface area contributed by atoms with Gasteiger partial charge in [0.1, 0.15) is 5.01 Å². The van der Waals surface area contributed by atoms with E-state index in [1.54, 1.807) is 11.3 Å². The number of nitrogens with one attached hydrogen (secondary N) is 1. The van der Waals surface area contributed by atoms with Crippen molar-refractivity contribution in [3.63, 3.8) is 0 Å². The van der Waals surface area contributed by atoms with Gasteiger partial charge in [-0.25, -0.2) is 4.98 Å². The second kappa shape index (κ2) is 5.57. The fraction of sp³-hybridized carbons (Fsp3) is 0.417. The van der Waals surface area contributed by atoms with Crippen molar-refractivity contribution in [2.75, 3.05) is 13.6 Å². The van der Waals surface area contributed by atoms with Crippen molar-refractivity contribution >= 4 is 22.7 Å². The minimum atomic E-state index is 1.06. The molecule has 2 nitrogen and oxygen atoms in total. The molecule has 2 aromatic rings. The van der Waals surface area contributed by atoms with Gasteiger partial charge in [0, 0.05) is 10.3 Å². The van der Waals surface area contributed by atoms with Crippen LogP contribution in [0.15, 0.2) is 17.5 Å². The molecule has 2 rings (SSSR count). The maximum Gasteiger partial charge on any atom is 0.133 e. The fourth-order valence-electron chi connectivity index (χ4n) is 1.53. The van der Waals surface area contributed by atoms with Gasteiger partial charge in [-0.05, 0) is 45.5 Å². The molecule has 0 spiro atoms. The van der Waals surface area contributed by atoms with Gasteiger partial charge in [-0.15, -0.1) is 22.7 Å². The van der Waals surface area contributed by atoms with Crippen molar-refractivity contribution < 1.29 is 0 Å². The highest BCUT2D eigenvalue weighted by Crippen LogP contribution is 2.30. The van der Waals surface area contributed by atoms with Gasteiger partial charge in [0.05, 0.1) is 10.6 Å². The molecule has 0 unspecified atom stereocenters. The molecule has 0 saturated heterocycles. The molecule has 4 heteroatoms. The molecule has 0 saturated carbocycles. The van der Waals surface area contributed by atoms with Crippen molar-refractivity contribution in [1.29, 1.82) is 0 Å². The Labute approximate surface area is 104 Å². The van der Waals surface area contributed by atoms with Crippen molar-refractivity contribution in [1.82, 2.24) is 10.3 Å². The topological polar surface area (TPSA) is 24.9 Å². The minimum Gasteiger partial charge on any atom is -0.320 e. The van der Waals surface area contributed by atoms with Gasteiger partial charge in [-0.2, -0.15) is 0 Å². The molecule has 2 heterocycles. The van der Waals surface area contributed by atoms with Crippen LogP contribution in [0.25, 0.3) is 9.88 Å². The van der Waals surface area contributed by atoms with Gasteiger partial charge in [0.15, 0.2) is 0 Å². The summed E-state index contributed by atoms with van der Waals surface area (Å²) in [5, 5.41) is 6.50. The zero-order valence-electron chi connectivity index (χ0n) is 9.62. The predicted molar refractivity (Wildman–Crippen MR) is 72.4 cm³/mol. The first kappa shape index (κ1) is 11.8. The Morgan fingerprint density at radius 1 is 1.38 bits per heavy atom. The molecule has 0 aliphatic heterocycles. The minimum absolute atomic E-state index is 1.06. The smallest absolute Gasteiger partial charge is 0.133 e. The first-order chi connectivity index (χ1) is 7.79. The summed E-state index contributed by atoms with van der Waals surface area (Å²) in [5.74, 6) is 0. The first-order valence-electron chi connectivity index (χ1n) is 5.45. The Kier molecular flexibility index (Phi) is 4.09.